The number of hydrogen-bond acceptors (Lipinski definition) is 2. The van der Waals surface area contributed by atoms with Gasteiger partial charge in [0, 0.05) is 23.7 Å². The van der Waals surface area contributed by atoms with Crippen molar-refractivity contribution < 1.29 is 0 Å². The van der Waals surface area contributed by atoms with Crippen molar-refractivity contribution in [1.29, 1.82) is 0 Å². The average molecular weight is 331 g/mol. The smallest absolute Gasteiger partial charge is 0.0346 e. The van der Waals surface area contributed by atoms with Crippen LogP contribution in [0, 0.1) is 0 Å². The molecular formula is C20H34N4. The number of rotatable bonds is 8. The Kier molecular flexibility index (Phi) is 7.62. The van der Waals surface area contributed by atoms with Crippen LogP contribution in [0.1, 0.15) is 78.4 Å². The summed E-state index contributed by atoms with van der Waals surface area (Å²) in [5, 5.41) is 7.16. The average Bonchev–Trinajstić information content (AvgIpc) is 2.48. The Bertz CT molecular complexity index is 526. The SMILES string of the molecule is CC(C)(C)c1cc(NCCCCCCN=[N+]=[N-])cc(C(C)(C)C)c1. The monoisotopic (exact) mass is 330 g/mol. The Labute approximate surface area is 147 Å². The van der Waals surface area contributed by atoms with Crippen molar-refractivity contribution in [1.82, 2.24) is 0 Å². The van der Waals surface area contributed by atoms with Crippen LogP contribution >= 0.6 is 0 Å². The predicted octanol–water partition coefficient (Wildman–Crippen LogP) is 6.56. The van der Waals surface area contributed by atoms with E-state index in [1.54, 1.807) is 0 Å². The van der Waals surface area contributed by atoms with Crippen LogP contribution in [0.5, 0.6) is 0 Å². The van der Waals surface area contributed by atoms with E-state index in [0.717, 1.165) is 25.8 Å². The van der Waals surface area contributed by atoms with Crippen LogP contribution in [-0.2, 0) is 10.8 Å². The van der Waals surface area contributed by atoms with Gasteiger partial charge in [0.1, 0.15) is 0 Å². The molecule has 0 aliphatic carbocycles. The molecule has 0 spiro atoms. The molecule has 1 aromatic rings. The van der Waals surface area contributed by atoms with Crippen LogP contribution in [-0.4, -0.2) is 13.1 Å². The molecule has 0 radical (unpaired) electrons. The first-order valence-electron chi connectivity index (χ1n) is 9.05. The maximum atomic E-state index is 8.24. The summed E-state index contributed by atoms with van der Waals surface area (Å²) < 4.78 is 0. The molecule has 24 heavy (non-hydrogen) atoms. The van der Waals surface area contributed by atoms with Crippen LogP contribution in [0.3, 0.4) is 0 Å². The molecule has 0 saturated carbocycles. The van der Waals surface area contributed by atoms with Gasteiger partial charge in [-0.25, -0.2) is 0 Å². The summed E-state index contributed by atoms with van der Waals surface area (Å²) in [6, 6.07) is 6.93. The zero-order valence-electron chi connectivity index (χ0n) is 16.3. The van der Waals surface area contributed by atoms with E-state index in [-0.39, 0.29) is 10.8 Å². The standard InChI is InChI=1S/C20H34N4/c1-19(2,3)16-13-17(20(4,5)6)15-18(14-16)22-11-9-7-8-10-12-23-24-21/h13-15,22H,7-12H2,1-6H3. The lowest BCUT2D eigenvalue weighted by Crippen LogP contribution is -2.17. The van der Waals surface area contributed by atoms with Crippen molar-refractivity contribution in [3.8, 4) is 0 Å². The van der Waals surface area contributed by atoms with Gasteiger partial charge >= 0.3 is 0 Å². The highest BCUT2D eigenvalue weighted by Crippen LogP contribution is 2.32. The second-order valence-corrected chi connectivity index (χ2v) is 8.59. The number of nitrogens with zero attached hydrogens (tertiary/aromatic N) is 3. The van der Waals surface area contributed by atoms with Gasteiger partial charge in [0.15, 0.2) is 0 Å². The molecule has 4 heteroatoms. The number of nitrogens with one attached hydrogen (secondary N) is 1. The minimum absolute atomic E-state index is 0.152. The molecule has 0 aromatic heterocycles. The number of unbranched alkanes of at least 4 members (excludes halogenated alkanes) is 3. The van der Waals surface area contributed by atoms with Crippen molar-refractivity contribution in [2.75, 3.05) is 18.4 Å². The fourth-order valence-electron chi connectivity index (χ4n) is 2.53. The second kappa shape index (κ2) is 8.98. The van der Waals surface area contributed by atoms with E-state index >= 15 is 0 Å². The first kappa shape index (κ1) is 20.4. The van der Waals surface area contributed by atoms with E-state index in [2.05, 4.69) is 75.1 Å². The van der Waals surface area contributed by atoms with E-state index in [1.807, 2.05) is 0 Å². The summed E-state index contributed by atoms with van der Waals surface area (Å²) in [4.78, 5) is 2.78. The minimum Gasteiger partial charge on any atom is -0.385 e. The largest absolute Gasteiger partial charge is 0.385 e. The lowest BCUT2D eigenvalue weighted by atomic mass is 9.80. The number of anilines is 1. The molecule has 0 atom stereocenters. The van der Waals surface area contributed by atoms with Gasteiger partial charge in [0.25, 0.3) is 0 Å². The normalized spacial score (nSPS) is 11.9. The third-order valence-electron chi connectivity index (χ3n) is 4.24. The van der Waals surface area contributed by atoms with E-state index in [9.17, 15) is 0 Å². The van der Waals surface area contributed by atoms with Crippen molar-refractivity contribution in [3.05, 3.63) is 39.8 Å². The van der Waals surface area contributed by atoms with Crippen molar-refractivity contribution in [3.63, 3.8) is 0 Å². The Morgan fingerprint density at radius 1 is 0.875 bits per heavy atom. The molecule has 0 bridgehead atoms. The molecule has 1 rings (SSSR count). The van der Waals surface area contributed by atoms with Crippen LogP contribution in [0.4, 0.5) is 5.69 Å². The summed E-state index contributed by atoms with van der Waals surface area (Å²) in [5.74, 6) is 0. The van der Waals surface area contributed by atoms with Crippen LogP contribution in [0.2, 0.25) is 0 Å². The zero-order valence-corrected chi connectivity index (χ0v) is 16.3. The lowest BCUT2D eigenvalue weighted by Gasteiger charge is -2.26. The van der Waals surface area contributed by atoms with Crippen molar-refractivity contribution >= 4 is 5.69 Å². The van der Waals surface area contributed by atoms with E-state index in [0.29, 0.717) is 6.54 Å². The summed E-state index contributed by atoms with van der Waals surface area (Å²) in [7, 11) is 0. The van der Waals surface area contributed by atoms with E-state index in [4.69, 9.17) is 5.53 Å². The third-order valence-corrected chi connectivity index (χ3v) is 4.24. The Morgan fingerprint density at radius 3 is 1.92 bits per heavy atom. The lowest BCUT2D eigenvalue weighted by molar-refractivity contribution is 0.569. The van der Waals surface area contributed by atoms with Crippen molar-refractivity contribution in [2.24, 2.45) is 5.11 Å². The maximum absolute atomic E-state index is 8.24. The summed E-state index contributed by atoms with van der Waals surface area (Å²) in [6.07, 6.45) is 4.41. The molecule has 134 valence electrons. The van der Waals surface area contributed by atoms with Gasteiger partial charge in [-0.2, -0.15) is 0 Å². The number of azide groups is 1. The third kappa shape index (κ3) is 7.27. The zero-order chi connectivity index (χ0) is 18.2. The van der Waals surface area contributed by atoms with Crippen LogP contribution < -0.4 is 5.32 Å². The predicted molar refractivity (Wildman–Crippen MR) is 105 cm³/mol. The molecule has 0 heterocycles. The summed E-state index contributed by atoms with van der Waals surface area (Å²) >= 11 is 0. The number of benzene rings is 1. The Morgan fingerprint density at radius 2 is 1.42 bits per heavy atom. The van der Waals surface area contributed by atoms with Crippen LogP contribution in [0.25, 0.3) is 10.4 Å². The van der Waals surface area contributed by atoms with E-state index in [1.165, 1.54) is 23.2 Å². The molecule has 4 nitrogen and oxygen atoms in total. The molecule has 0 amide bonds. The quantitative estimate of drug-likeness (QED) is 0.249. The molecule has 0 saturated heterocycles. The van der Waals surface area contributed by atoms with E-state index < -0.39 is 0 Å². The van der Waals surface area contributed by atoms with Gasteiger partial charge < -0.3 is 5.32 Å². The molecule has 0 aliphatic heterocycles. The fourth-order valence-corrected chi connectivity index (χ4v) is 2.53. The van der Waals surface area contributed by atoms with Crippen molar-refractivity contribution in [2.45, 2.75) is 78.1 Å². The van der Waals surface area contributed by atoms with Gasteiger partial charge in [0.05, 0.1) is 0 Å². The highest BCUT2D eigenvalue weighted by molar-refractivity contribution is 5.52. The molecule has 1 N–H and O–H groups in total. The van der Waals surface area contributed by atoms with Gasteiger partial charge in [-0.15, -0.1) is 0 Å². The number of hydrogen-bond donors (Lipinski definition) is 1. The second-order valence-electron chi connectivity index (χ2n) is 8.59. The fraction of sp³-hybridized carbons (Fsp3) is 0.700. The maximum Gasteiger partial charge on any atom is 0.0346 e. The van der Waals surface area contributed by atoms with Gasteiger partial charge in [-0.05, 0) is 52.5 Å². The highest BCUT2D eigenvalue weighted by atomic mass is 15.1. The molecule has 0 fully saturated rings. The Hall–Kier alpha value is -1.67. The molecule has 1 aromatic carbocycles. The molecule has 0 unspecified atom stereocenters. The molecule has 0 aliphatic rings. The summed E-state index contributed by atoms with van der Waals surface area (Å²) in [6.45, 7) is 15.2. The highest BCUT2D eigenvalue weighted by Gasteiger charge is 2.20. The van der Waals surface area contributed by atoms with Gasteiger partial charge in [-0.1, -0.05) is 65.6 Å². The van der Waals surface area contributed by atoms with Gasteiger partial charge in [-0.3, -0.25) is 0 Å². The van der Waals surface area contributed by atoms with Crippen LogP contribution in [0.15, 0.2) is 23.3 Å². The minimum atomic E-state index is 0.152. The summed E-state index contributed by atoms with van der Waals surface area (Å²) in [5.41, 5.74) is 12.5. The Balaban J connectivity index is 2.62. The molecular weight excluding hydrogens is 296 g/mol. The first-order chi connectivity index (χ1) is 11.1. The first-order valence-corrected chi connectivity index (χ1v) is 9.05. The topological polar surface area (TPSA) is 60.8 Å². The van der Waals surface area contributed by atoms with Gasteiger partial charge in [0.2, 0.25) is 0 Å².